The Balaban J connectivity index is 4.20. The van der Waals surface area contributed by atoms with Crippen LogP contribution in [0, 0.1) is 5.41 Å². The van der Waals surface area contributed by atoms with Crippen molar-refractivity contribution in [2.24, 2.45) is 5.41 Å². The van der Waals surface area contributed by atoms with Crippen LogP contribution in [0.25, 0.3) is 0 Å². The van der Waals surface area contributed by atoms with E-state index in [1.807, 2.05) is 0 Å². The van der Waals surface area contributed by atoms with Gasteiger partial charge in [0.15, 0.2) is 0 Å². The first-order chi connectivity index (χ1) is 5.39. The number of hydrogen-bond donors (Lipinski definition) is 1. The molecule has 12 heavy (non-hydrogen) atoms. The van der Waals surface area contributed by atoms with E-state index in [2.05, 4.69) is 47.5 Å². The molecule has 1 nitrogen and oxygen atoms in total. The summed E-state index contributed by atoms with van der Waals surface area (Å²) in [4.78, 5) is 0. The molecule has 0 aromatic rings. The quantitative estimate of drug-likeness (QED) is 0.512. The molecule has 0 heterocycles. The number of hydrogen-bond acceptors (Lipinski definition) is 2. The van der Waals surface area contributed by atoms with Crippen LogP contribution in [0.4, 0.5) is 0 Å². The molecule has 74 valence electrons. The lowest BCUT2D eigenvalue weighted by Crippen LogP contribution is -2.30. The summed E-state index contributed by atoms with van der Waals surface area (Å²) in [6.45, 7) is 10.9. The maximum atomic E-state index is 5.13. The summed E-state index contributed by atoms with van der Waals surface area (Å²) < 4.78 is 5.13. The molecule has 0 atom stereocenters. The molecule has 0 aromatic heterocycles. The Morgan fingerprint density at radius 3 is 1.75 bits per heavy atom. The zero-order valence-corrected chi connectivity index (χ0v) is 9.87. The number of rotatable bonds is 5. The second-order valence-electron chi connectivity index (χ2n) is 4.55. The van der Waals surface area contributed by atoms with Gasteiger partial charge in [0, 0.05) is 0 Å². The third kappa shape index (κ3) is 3.81. The first-order valence-electron chi connectivity index (χ1n) is 4.72. The fourth-order valence-electron chi connectivity index (χ4n) is 1.56. The van der Waals surface area contributed by atoms with Gasteiger partial charge in [0.05, 0.1) is 5.60 Å². The summed E-state index contributed by atoms with van der Waals surface area (Å²) in [5, 5.41) is 0. The van der Waals surface area contributed by atoms with Crippen LogP contribution < -0.4 is 0 Å². The van der Waals surface area contributed by atoms with Crippen LogP contribution in [-0.4, -0.2) is 5.60 Å². The molecule has 2 heteroatoms. The van der Waals surface area contributed by atoms with Crippen molar-refractivity contribution in [3.8, 4) is 0 Å². The second kappa shape index (κ2) is 4.52. The molecule has 0 fully saturated rings. The van der Waals surface area contributed by atoms with Gasteiger partial charge < -0.3 is 4.18 Å². The zero-order chi connectivity index (χ0) is 9.83. The predicted molar refractivity (Wildman–Crippen MR) is 57.5 cm³/mol. The third-order valence-corrected chi connectivity index (χ3v) is 3.30. The van der Waals surface area contributed by atoms with Crippen molar-refractivity contribution < 1.29 is 4.18 Å². The van der Waals surface area contributed by atoms with Crippen molar-refractivity contribution in [3.63, 3.8) is 0 Å². The molecule has 0 N–H and O–H groups in total. The fourth-order valence-corrected chi connectivity index (χ4v) is 1.62. The van der Waals surface area contributed by atoms with E-state index in [0.717, 1.165) is 6.42 Å². The summed E-state index contributed by atoms with van der Waals surface area (Å²) in [5.41, 5.74) is 0.288. The van der Waals surface area contributed by atoms with Gasteiger partial charge in [-0.2, -0.15) is 0 Å². The fraction of sp³-hybridized carbons (Fsp3) is 1.00. The molecule has 0 bridgehead atoms. The van der Waals surface area contributed by atoms with Gasteiger partial charge in [-0.1, -0.05) is 33.6 Å². The molecule has 0 saturated carbocycles. The summed E-state index contributed by atoms with van der Waals surface area (Å²) >= 11 is 3.89. The summed E-state index contributed by atoms with van der Waals surface area (Å²) in [6, 6.07) is 0. The summed E-state index contributed by atoms with van der Waals surface area (Å²) in [5.74, 6) is 0. The van der Waals surface area contributed by atoms with Crippen LogP contribution in [0.2, 0.25) is 0 Å². The third-order valence-electron chi connectivity index (χ3n) is 2.81. The van der Waals surface area contributed by atoms with E-state index in [9.17, 15) is 0 Å². The Kier molecular flexibility index (Phi) is 4.64. The Morgan fingerprint density at radius 2 is 1.50 bits per heavy atom. The summed E-state index contributed by atoms with van der Waals surface area (Å²) in [7, 11) is 0. The monoisotopic (exact) mass is 190 g/mol. The predicted octanol–water partition coefficient (Wildman–Crippen LogP) is 3.84. The van der Waals surface area contributed by atoms with E-state index in [1.54, 1.807) is 0 Å². The van der Waals surface area contributed by atoms with Crippen molar-refractivity contribution in [2.75, 3.05) is 0 Å². The van der Waals surface area contributed by atoms with Crippen LogP contribution in [-0.2, 0) is 4.18 Å². The minimum Gasteiger partial charge on any atom is -0.313 e. The van der Waals surface area contributed by atoms with Gasteiger partial charge in [-0.3, -0.25) is 0 Å². The molecule has 0 radical (unpaired) electrons. The van der Waals surface area contributed by atoms with Gasteiger partial charge in [0.1, 0.15) is 0 Å². The van der Waals surface area contributed by atoms with E-state index in [0.29, 0.717) is 5.41 Å². The minimum atomic E-state index is -0.107. The normalized spacial score (nSPS) is 13.5. The molecule has 0 saturated heterocycles. The van der Waals surface area contributed by atoms with Gasteiger partial charge in [0.2, 0.25) is 0 Å². The lowest BCUT2D eigenvalue weighted by atomic mass is 9.76. The SMILES string of the molecule is CCC(C)(CC)CC(C)(C)OS. The zero-order valence-electron chi connectivity index (χ0n) is 8.98. The Hall–Kier alpha value is 0.310. The molecular weight excluding hydrogens is 168 g/mol. The highest BCUT2D eigenvalue weighted by Crippen LogP contribution is 2.36. The first-order valence-corrected chi connectivity index (χ1v) is 5.08. The first kappa shape index (κ1) is 12.3. The van der Waals surface area contributed by atoms with Crippen LogP contribution in [0.1, 0.15) is 53.9 Å². The topological polar surface area (TPSA) is 9.23 Å². The van der Waals surface area contributed by atoms with Crippen LogP contribution >= 0.6 is 12.9 Å². The van der Waals surface area contributed by atoms with E-state index in [-0.39, 0.29) is 5.60 Å². The van der Waals surface area contributed by atoms with E-state index in [4.69, 9.17) is 4.18 Å². The number of thiol groups is 1. The largest absolute Gasteiger partial charge is 0.313 e. The molecule has 0 spiro atoms. The standard InChI is InChI=1S/C10H22OS/c1-6-10(5,7-2)8-9(3,4)11-12/h12H,6-8H2,1-5H3. The van der Waals surface area contributed by atoms with Crippen LogP contribution in [0.5, 0.6) is 0 Å². The molecule has 0 rings (SSSR count). The van der Waals surface area contributed by atoms with Gasteiger partial charge in [-0.05, 0) is 38.6 Å². The molecule has 0 unspecified atom stereocenters. The van der Waals surface area contributed by atoms with E-state index >= 15 is 0 Å². The average molecular weight is 190 g/mol. The van der Waals surface area contributed by atoms with Gasteiger partial charge in [-0.15, -0.1) is 0 Å². The lowest BCUT2D eigenvalue weighted by Gasteiger charge is -2.34. The highest BCUT2D eigenvalue weighted by atomic mass is 32.1. The van der Waals surface area contributed by atoms with Crippen molar-refractivity contribution in [2.45, 2.75) is 59.5 Å². The lowest BCUT2D eigenvalue weighted by molar-refractivity contribution is 0.0687. The molecular formula is C10H22OS. The second-order valence-corrected chi connectivity index (χ2v) is 4.73. The Labute approximate surface area is 82.5 Å². The highest BCUT2D eigenvalue weighted by molar-refractivity contribution is 7.75. The smallest absolute Gasteiger partial charge is 0.0775 e. The van der Waals surface area contributed by atoms with Crippen molar-refractivity contribution >= 4 is 12.9 Å². The minimum absolute atomic E-state index is 0.107. The summed E-state index contributed by atoms with van der Waals surface area (Å²) in [6.07, 6.45) is 3.46. The Bertz CT molecular complexity index is 128. The van der Waals surface area contributed by atoms with E-state index < -0.39 is 0 Å². The van der Waals surface area contributed by atoms with E-state index in [1.165, 1.54) is 12.8 Å². The van der Waals surface area contributed by atoms with Crippen molar-refractivity contribution in [1.82, 2.24) is 0 Å². The van der Waals surface area contributed by atoms with Crippen LogP contribution in [0.15, 0.2) is 0 Å². The van der Waals surface area contributed by atoms with Gasteiger partial charge in [-0.25, -0.2) is 0 Å². The molecule has 0 aliphatic carbocycles. The maximum Gasteiger partial charge on any atom is 0.0775 e. The highest BCUT2D eigenvalue weighted by Gasteiger charge is 2.29. The molecule has 0 aliphatic heterocycles. The van der Waals surface area contributed by atoms with Crippen molar-refractivity contribution in [1.29, 1.82) is 0 Å². The van der Waals surface area contributed by atoms with Gasteiger partial charge in [0.25, 0.3) is 0 Å². The average Bonchev–Trinajstić information content (AvgIpc) is 2.04. The molecule has 0 aliphatic rings. The molecule has 0 amide bonds. The Morgan fingerprint density at radius 1 is 1.08 bits per heavy atom. The maximum absolute atomic E-state index is 5.13. The van der Waals surface area contributed by atoms with Crippen LogP contribution in [0.3, 0.4) is 0 Å². The van der Waals surface area contributed by atoms with Gasteiger partial charge >= 0.3 is 0 Å². The molecule has 0 aromatic carbocycles. The van der Waals surface area contributed by atoms with Crippen molar-refractivity contribution in [3.05, 3.63) is 0 Å².